The van der Waals surface area contributed by atoms with E-state index in [1.54, 1.807) is 32.4 Å². The lowest BCUT2D eigenvalue weighted by Crippen LogP contribution is -2.39. The Bertz CT molecular complexity index is 905. The van der Waals surface area contributed by atoms with Gasteiger partial charge in [0.15, 0.2) is 11.5 Å². The molecule has 2 aromatic carbocycles. The van der Waals surface area contributed by atoms with Crippen molar-refractivity contribution in [3.8, 4) is 17.2 Å². The molecule has 1 heterocycles. The lowest BCUT2D eigenvalue weighted by Gasteiger charge is -2.33. The van der Waals surface area contributed by atoms with Crippen LogP contribution in [0.3, 0.4) is 0 Å². The van der Waals surface area contributed by atoms with Crippen LogP contribution in [0, 0.1) is 0 Å². The largest absolute Gasteiger partial charge is 0.493 e. The van der Waals surface area contributed by atoms with E-state index in [2.05, 4.69) is 0 Å². The molecule has 0 radical (unpaired) electrons. The van der Waals surface area contributed by atoms with E-state index in [0.29, 0.717) is 40.3 Å². The summed E-state index contributed by atoms with van der Waals surface area (Å²) in [6, 6.07) is 7.76. The first-order valence-corrected chi connectivity index (χ1v) is 9.90. The standard InChI is InChI=1S/C21H23Cl2NO5/c1-27-17-9-8-14(19(28-2)20(17)29-3)18(13-7-6-12(22)11-15(13)23)24-10-4-5-16(24)21(25)26/h6-9,11,16,18H,4-5,10H2,1-3H3,(H,25,26). The summed E-state index contributed by atoms with van der Waals surface area (Å²) in [5, 5.41) is 10.7. The molecule has 8 heteroatoms. The molecule has 156 valence electrons. The first-order valence-electron chi connectivity index (χ1n) is 9.15. The highest BCUT2D eigenvalue weighted by Crippen LogP contribution is 2.47. The Morgan fingerprint density at radius 1 is 1.07 bits per heavy atom. The molecule has 1 fully saturated rings. The molecule has 2 unspecified atom stereocenters. The molecule has 29 heavy (non-hydrogen) atoms. The van der Waals surface area contributed by atoms with E-state index in [0.717, 1.165) is 17.5 Å². The molecular formula is C21H23Cl2NO5. The van der Waals surface area contributed by atoms with Crippen LogP contribution >= 0.6 is 23.2 Å². The van der Waals surface area contributed by atoms with Gasteiger partial charge in [0, 0.05) is 22.2 Å². The number of halogens is 2. The first-order chi connectivity index (χ1) is 13.9. The Morgan fingerprint density at radius 3 is 2.34 bits per heavy atom. The highest BCUT2D eigenvalue weighted by molar-refractivity contribution is 6.35. The zero-order chi connectivity index (χ0) is 21.1. The maximum absolute atomic E-state index is 11.9. The third-order valence-electron chi connectivity index (χ3n) is 5.20. The molecule has 2 atom stereocenters. The van der Waals surface area contributed by atoms with Gasteiger partial charge in [-0.2, -0.15) is 0 Å². The normalized spacial score (nSPS) is 17.8. The van der Waals surface area contributed by atoms with E-state index >= 15 is 0 Å². The number of carboxylic acid groups (broad SMARTS) is 1. The Labute approximate surface area is 179 Å². The monoisotopic (exact) mass is 439 g/mol. The van der Waals surface area contributed by atoms with Crippen LogP contribution in [0.2, 0.25) is 10.0 Å². The van der Waals surface area contributed by atoms with Gasteiger partial charge in [0.2, 0.25) is 5.75 Å². The summed E-state index contributed by atoms with van der Waals surface area (Å²) >= 11 is 12.7. The number of hydrogen-bond donors (Lipinski definition) is 1. The summed E-state index contributed by atoms with van der Waals surface area (Å²) in [5.74, 6) is 0.565. The Morgan fingerprint density at radius 2 is 1.76 bits per heavy atom. The summed E-state index contributed by atoms with van der Waals surface area (Å²) in [6.07, 6.45) is 1.33. The lowest BCUT2D eigenvalue weighted by molar-refractivity contribution is -0.142. The van der Waals surface area contributed by atoms with E-state index in [9.17, 15) is 9.90 Å². The fourth-order valence-electron chi connectivity index (χ4n) is 3.95. The van der Waals surface area contributed by atoms with Crippen LogP contribution in [0.5, 0.6) is 17.2 Å². The van der Waals surface area contributed by atoms with E-state index < -0.39 is 18.1 Å². The summed E-state index contributed by atoms with van der Waals surface area (Å²) < 4.78 is 16.6. The first kappa shape index (κ1) is 21.6. The van der Waals surface area contributed by atoms with Gasteiger partial charge >= 0.3 is 5.97 Å². The number of hydrogen-bond acceptors (Lipinski definition) is 5. The number of benzene rings is 2. The number of ether oxygens (including phenoxy) is 3. The number of carboxylic acids is 1. The van der Waals surface area contributed by atoms with Crippen molar-refractivity contribution in [1.29, 1.82) is 0 Å². The van der Waals surface area contributed by atoms with Crippen LogP contribution in [0.15, 0.2) is 30.3 Å². The second kappa shape index (κ2) is 9.11. The van der Waals surface area contributed by atoms with Gasteiger partial charge in [0.1, 0.15) is 6.04 Å². The smallest absolute Gasteiger partial charge is 0.320 e. The summed E-state index contributed by atoms with van der Waals surface area (Å²) in [5.41, 5.74) is 1.48. The highest BCUT2D eigenvalue weighted by atomic mass is 35.5. The third kappa shape index (κ3) is 4.10. The molecule has 3 rings (SSSR count). The van der Waals surface area contributed by atoms with Crippen molar-refractivity contribution in [2.24, 2.45) is 0 Å². The second-order valence-electron chi connectivity index (χ2n) is 6.73. The molecule has 1 aliphatic heterocycles. The number of methoxy groups -OCH3 is 3. The minimum Gasteiger partial charge on any atom is -0.493 e. The minimum absolute atomic E-state index is 0.439. The summed E-state index contributed by atoms with van der Waals surface area (Å²) in [4.78, 5) is 13.9. The zero-order valence-corrected chi connectivity index (χ0v) is 18.0. The van der Waals surface area contributed by atoms with Crippen molar-refractivity contribution >= 4 is 29.2 Å². The quantitative estimate of drug-likeness (QED) is 0.676. The van der Waals surface area contributed by atoms with Gasteiger partial charge in [0.25, 0.3) is 0 Å². The maximum Gasteiger partial charge on any atom is 0.320 e. The molecule has 1 aliphatic rings. The van der Waals surface area contributed by atoms with E-state index in [1.165, 1.54) is 7.11 Å². The number of likely N-dealkylation sites (tertiary alicyclic amines) is 1. The lowest BCUT2D eigenvalue weighted by atomic mass is 9.94. The molecule has 6 nitrogen and oxygen atoms in total. The SMILES string of the molecule is COc1ccc(C(c2ccc(Cl)cc2Cl)N2CCCC2C(=O)O)c(OC)c1OC. The predicted octanol–water partition coefficient (Wildman–Crippen LogP) is 4.66. The fourth-order valence-corrected chi connectivity index (χ4v) is 4.46. The molecule has 0 aromatic heterocycles. The van der Waals surface area contributed by atoms with Crippen molar-refractivity contribution in [3.05, 3.63) is 51.5 Å². The second-order valence-corrected chi connectivity index (χ2v) is 7.57. The van der Waals surface area contributed by atoms with Crippen molar-refractivity contribution in [1.82, 2.24) is 4.90 Å². The molecule has 1 N–H and O–H groups in total. The average molecular weight is 440 g/mol. The summed E-state index contributed by atoms with van der Waals surface area (Å²) in [7, 11) is 4.62. The van der Waals surface area contributed by atoms with Crippen molar-refractivity contribution in [2.75, 3.05) is 27.9 Å². The van der Waals surface area contributed by atoms with Crippen LogP contribution in [-0.4, -0.2) is 49.9 Å². The maximum atomic E-state index is 11.9. The molecule has 0 saturated carbocycles. The van der Waals surface area contributed by atoms with Crippen molar-refractivity contribution < 1.29 is 24.1 Å². The molecule has 0 amide bonds. The van der Waals surface area contributed by atoms with Crippen LogP contribution in [0.4, 0.5) is 0 Å². The van der Waals surface area contributed by atoms with Gasteiger partial charge < -0.3 is 19.3 Å². The fraction of sp³-hybridized carbons (Fsp3) is 0.381. The van der Waals surface area contributed by atoms with Crippen LogP contribution in [-0.2, 0) is 4.79 Å². The number of carbonyl (C=O) groups is 1. The Hall–Kier alpha value is -2.15. The van der Waals surface area contributed by atoms with Crippen LogP contribution in [0.1, 0.15) is 30.0 Å². The highest BCUT2D eigenvalue weighted by Gasteiger charge is 2.39. The molecule has 0 spiro atoms. The van der Waals surface area contributed by atoms with E-state index in [4.69, 9.17) is 37.4 Å². The van der Waals surface area contributed by atoms with Gasteiger partial charge in [-0.15, -0.1) is 0 Å². The van der Waals surface area contributed by atoms with E-state index in [-0.39, 0.29) is 0 Å². The van der Waals surface area contributed by atoms with Crippen LogP contribution in [0.25, 0.3) is 0 Å². The van der Waals surface area contributed by atoms with Gasteiger partial charge in [0.05, 0.1) is 27.4 Å². The molecule has 0 aliphatic carbocycles. The minimum atomic E-state index is -0.864. The van der Waals surface area contributed by atoms with Crippen molar-refractivity contribution in [2.45, 2.75) is 24.9 Å². The van der Waals surface area contributed by atoms with Crippen LogP contribution < -0.4 is 14.2 Å². The molecule has 2 aromatic rings. The Kier molecular flexibility index (Phi) is 6.77. The number of aliphatic carboxylic acids is 1. The van der Waals surface area contributed by atoms with Gasteiger partial charge in [-0.1, -0.05) is 29.3 Å². The summed E-state index contributed by atoms with van der Waals surface area (Å²) in [6.45, 7) is 0.609. The van der Waals surface area contributed by atoms with E-state index in [1.807, 2.05) is 17.0 Å². The molecule has 0 bridgehead atoms. The number of rotatable bonds is 7. The average Bonchev–Trinajstić information content (AvgIpc) is 3.18. The third-order valence-corrected chi connectivity index (χ3v) is 5.76. The zero-order valence-electron chi connectivity index (χ0n) is 16.4. The van der Waals surface area contributed by atoms with Gasteiger partial charge in [-0.3, -0.25) is 9.69 Å². The predicted molar refractivity (Wildman–Crippen MR) is 112 cm³/mol. The number of nitrogens with zero attached hydrogens (tertiary/aromatic N) is 1. The van der Waals surface area contributed by atoms with Gasteiger partial charge in [-0.25, -0.2) is 0 Å². The van der Waals surface area contributed by atoms with Crippen molar-refractivity contribution in [3.63, 3.8) is 0 Å². The molecule has 1 saturated heterocycles. The Balaban J connectivity index is 2.25. The topological polar surface area (TPSA) is 68.2 Å². The molecular weight excluding hydrogens is 417 g/mol. The van der Waals surface area contributed by atoms with Gasteiger partial charge in [-0.05, 0) is 42.7 Å².